The number of anilines is 1. The molecule has 1 atom stereocenters. The summed E-state index contributed by atoms with van der Waals surface area (Å²) < 4.78 is 0. The van der Waals surface area contributed by atoms with Crippen molar-refractivity contribution in [1.82, 2.24) is 19.7 Å². The normalized spacial score (nSPS) is 21.2. The lowest BCUT2D eigenvalue weighted by Gasteiger charge is -2.40. The van der Waals surface area contributed by atoms with Crippen LogP contribution in [0.3, 0.4) is 0 Å². The number of carbonyl (C=O) groups excluding carboxylic acids is 2. The maximum absolute atomic E-state index is 12.9. The minimum Gasteiger partial charge on any atom is -0.367 e. The molecule has 3 amide bonds. The van der Waals surface area contributed by atoms with E-state index in [2.05, 4.69) is 16.0 Å². The van der Waals surface area contributed by atoms with Crippen molar-refractivity contribution in [1.29, 1.82) is 0 Å². The number of hydrogen-bond donors (Lipinski definition) is 0. The monoisotopic (exact) mass is 345 g/mol. The van der Waals surface area contributed by atoms with Crippen LogP contribution >= 0.6 is 0 Å². The Morgan fingerprint density at radius 1 is 1.12 bits per heavy atom. The van der Waals surface area contributed by atoms with E-state index >= 15 is 0 Å². The molecule has 0 radical (unpaired) electrons. The molecule has 0 bridgehead atoms. The molecule has 0 aliphatic carbocycles. The van der Waals surface area contributed by atoms with Crippen LogP contribution in [0.1, 0.15) is 12.8 Å². The van der Waals surface area contributed by atoms with E-state index in [1.54, 1.807) is 30.1 Å². The Labute approximate surface area is 149 Å². The Morgan fingerprint density at radius 3 is 2.52 bits per heavy atom. The van der Waals surface area contributed by atoms with E-state index in [-0.39, 0.29) is 17.9 Å². The van der Waals surface area contributed by atoms with E-state index in [1.807, 2.05) is 17.2 Å². The van der Waals surface area contributed by atoms with Crippen LogP contribution in [0.25, 0.3) is 0 Å². The summed E-state index contributed by atoms with van der Waals surface area (Å²) in [5, 5.41) is 0. The number of urea groups is 1. The molecule has 3 heterocycles. The van der Waals surface area contributed by atoms with Gasteiger partial charge in [0.2, 0.25) is 5.91 Å². The minimum atomic E-state index is -0.0670. The van der Waals surface area contributed by atoms with Gasteiger partial charge in [0.05, 0.1) is 17.8 Å². The highest BCUT2D eigenvalue weighted by atomic mass is 16.2. The first-order valence-corrected chi connectivity index (χ1v) is 8.96. The van der Waals surface area contributed by atoms with Crippen molar-refractivity contribution >= 4 is 17.6 Å². The number of piperidine rings is 1. The van der Waals surface area contributed by atoms with E-state index in [0.29, 0.717) is 6.54 Å². The average molecular weight is 345 g/mol. The second-order valence-corrected chi connectivity index (χ2v) is 6.99. The van der Waals surface area contributed by atoms with Crippen LogP contribution in [0.4, 0.5) is 10.5 Å². The Morgan fingerprint density at radius 2 is 1.88 bits per heavy atom. The molecule has 136 valence electrons. The summed E-state index contributed by atoms with van der Waals surface area (Å²) in [5.74, 6) is 0.129. The molecular formula is C18H27N5O2. The maximum Gasteiger partial charge on any atom is 0.319 e. The lowest BCUT2D eigenvalue weighted by molar-refractivity contribution is -0.137. The third kappa shape index (κ3) is 4.03. The van der Waals surface area contributed by atoms with Crippen molar-refractivity contribution in [2.75, 3.05) is 58.3 Å². The number of carbonyl (C=O) groups is 2. The number of rotatable bonds is 2. The number of likely N-dealkylation sites (tertiary alicyclic amines) is 1. The fourth-order valence-corrected chi connectivity index (χ4v) is 3.62. The van der Waals surface area contributed by atoms with Gasteiger partial charge in [-0.15, -0.1) is 0 Å². The second kappa shape index (κ2) is 7.72. The zero-order valence-corrected chi connectivity index (χ0v) is 15.1. The van der Waals surface area contributed by atoms with Gasteiger partial charge < -0.3 is 19.6 Å². The third-order valence-corrected chi connectivity index (χ3v) is 5.03. The molecule has 0 saturated carbocycles. The fourth-order valence-electron chi connectivity index (χ4n) is 3.62. The van der Waals surface area contributed by atoms with Crippen molar-refractivity contribution in [3.63, 3.8) is 0 Å². The first-order chi connectivity index (χ1) is 12.1. The van der Waals surface area contributed by atoms with Gasteiger partial charge in [-0.25, -0.2) is 4.79 Å². The van der Waals surface area contributed by atoms with E-state index in [1.165, 1.54) is 0 Å². The molecule has 1 aromatic rings. The Bertz CT molecular complexity index is 599. The summed E-state index contributed by atoms with van der Waals surface area (Å²) in [7, 11) is 3.51. The lowest BCUT2D eigenvalue weighted by Crippen LogP contribution is -2.53. The van der Waals surface area contributed by atoms with E-state index < -0.39 is 0 Å². The van der Waals surface area contributed by atoms with Crippen molar-refractivity contribution in [2.24, 2.45) is 5.92 Å². The van der Waals surface area contributed by atoms with Gasteiger partial charge in [-0.1, -0.05) is 0 Å². The maximum atomic E-state index is 12.9. The standard InChI is InChI=1S/C18H27N5O2/c1-20(2)18(25)23-8-4-5-15(14-23)17(24)22-11-9-21(10-12-22)16-6-3-7-19-13-16/h3,6-7,13,15H,4-5,8-12,14H2,1-2H3. The number of nitrogens with zero attached hydrogens (tertiary/aromatic N) is 5. The number of hydrogen-bond acceptors (Lipinski definition) is 4. The van der Waals surface area contributed by atoms with Crippen LogP contribution in [0.15, 0.2) is 24.5 Å². The van der Waals surface area contributed by atoms with Gasteiger partial charge in [0.25, 0.3) is 0 Å². The Kier molecular flexibility index (Phi) is 5.40. The molecule has 2 saturated heterocycles. The van der Waals surface area contributed by atoms with E-state index in [0.717, 1.165) is 51.3 Å². The van der Waals surface area contributed by atoms with Crippen molar-refractivity contribution < 1.29 is 9.59 Å². The fraction of sp³-hybridized carbons (Fsp3) is 0.611. The predicted octanol–water partition coefficient (Wildman–Crippen LogP) is 1.12. The first-order valence-electron chi connectivity index (χ1n) is 8.96. The van der Waals surface area contributed by atoms with E-state index in [9.17, 15) is 9.59 Å². The Hall–Kier alpha value is -2.31. The average Bonchev–Trinajstić information content (AvgIpc) is 2.67. The SMILES string of the molecule is CN(C)C(=O)N1CCCC(C(=O)N2CCN(c3cccnc3)CC2)C1. The first kappa shape index (κ1) is 17.5. The van der Waals surface area contributed by atoms with Gasteiger partial charge in [-0.3, -0.25) is 9.78 Å². The van der Waals surface area contributed by atoms with Crippen molar-refractivity contribution in [3.05, 3.63) is 24.5 Å². The summed E-state index contributed by atoms with van der Waals surface area (Å²) >= 11 is 0. The smallest absolute Gasteiger partial charge is 0.319 e. The zero-order valence-electron chi connectivity index (χ0n) is 15.1. The number of amides is 3. The van der Waals surface area contributed by atoms with Crippen LogP contribution in [0, 0.1) is 5.92 Å². The van der Waals surface area contributed by atoms with Crippen LogP contribution in [-0.4, -0.2) is 85.0 Å². The van der Waals surface area contributed by atoms with E-state index in [4.69, 9.17) is 0 Å². The van der Waals surface area contributed by atoms with Gasteiger partial charge in [0.15, 0.2) is 0 Å². The highest BCUT2D eigenvalue weighted by Gasteiger charge is 2.33. The van der Waals surface area contributed by atoms with Crippen molar-refractivity contribution in [2.45, 2.75) is 12.8 Å². The zero-order chi connectivity index (χ0) is 17.8. The summed E-state index contributed by atoms with van der Waals surface area (Å²) in [6.45, 7) is 4.39. The molecule has 2 aliphatic rings. The molecule has 3 rings (SSSR count). The quantitative estimate of drug-likeness (QED) is 0.806. The Balaban J connectivity index is 1.54. The lowest BCUT2D eigenvalue weighted by atomic mass is 9.96. The molecule has 0 N–H and O–H groups in total. The van der Waals surface area contributed by atoms with Gasteiger partial charge >= 0.3 is 6.03 Å². The highest BCUT2D eigenvalue weighted by molar-refractivity contribution is 5.81. The second-order valence-electron chi connectivity index (χ2n) is 6.99. The summed E-state index contributed by atoms with van der Waals surface area (Å²) in [6.07, 6.45) is 5.40. The largest absolute Gasteiger partial charge is 0.367 e. The molecule has 1 unspecified atom stereocenters. The number of piperazine rings is 1. The van der Waals surface area contributed by atoms with Crippen molar-refractivity contribution in [3.8, 4) is 0 Å². The summed E-state index contributed by atoms with van der Waals surface area (Å²) in [6, 6.07) is 3.99. The van der Waals surface area contributed by atoms with Gasteiger partial charge in [-0.05, 0) is 25.0 Å². The van der Waals surface area contributed by atoms with Gasteiger partial charge in [0.1, 0.15) is 0 Å². The topological polar surface area (TPSA) is 60.0 Å². The van der Waals surface area contributed by atoms with Crippen LogP contribution in [0.5, 0.6) is 0 Å². The summed E-state index contributed by atoms with van der Waals surface area (Å²) in [5.41, 5.74) is 1.11. The predicted molar refractivity (Wildman–Crippen MR) is 96.4 cm³/mol. The molecule has 0 spiro atoms. The molecule has 0 aromatic carbocycles. The van der Waals surface area contributed by atoms with Crippen LogP contribution in [-0.2, 0) is 4.79 Å². The minimum absolute atomic E-state index is 0.00102. The summed E-state index contributed by atoms with van der Waals surface area (Å²) in [4.78, 5) is 36.8. The molecule has 2 aliphatic heterocycles. The molecule has 25 heavy (non-hydrogen) atoms. The highest BCUT2D eigenvalue weighted by Crippen LogP contribution is 2.21. The number of aromatic nitrogens is 1. The molecular weight excluding hydrogens is 318 g/mol. The molecule has 1 aromatic heterocycles. The van der Waals surface area contributed by atoms with Crippen LogP contribution in [0.2, 0.25) is 0 Å². The van der Waals surface area contributed by atoms with Gasteiger partial charge in [-0.2, -0.15) is 0 Å². The molecule has 2 fully saturated rings. The van der Waals surface area contributed by atoms with Gasteiger partial charge in [0, 0.05) is 59.6 Å². The molecule has 7 nitrogen and oxygen atoms in total. The molecule has 7 heteroatoms. The van der Waals surface area contributed by atoms with Crippen LogP contribution < -0.4 is 4.90 Å². The number of pyridine rings is 1. The third-order valence-electron chi connectivity index (χ3n) is 5.03.